The molecule has 0 spiro atoms. The highest BCUT2D eigenvalue weighted by Crippen LogP contribution is 2.46. The number of nitrogens with zero attached hydrogens (tertiary/aromatic N) is 2. The molecule has 2 heteroatoms. The first-order valence-electron chi connectivity index (χ1n) is 11.4. The topological polar surface area (TPSA) is 25.8 Å². The first-order valence-corrected chi connectivity index (χ1v) is 11.4. The minimum atomic E-state index is 0.207. The quantitative estimate of drug-likeness (QED) is 0.420. The normalized spacial score (nSPS) is 16.9. The summed E-state index contributed by atoms with van der Waals surface area (Å²) in [4.78, 5) is 8.87. The van der Waals surface area contributed by atoms with E-state index >= 15 is 0 Å². The molecule has 3 aromatic rings. The van der Waals surface area contributed by atoms with Crippen LogP contribution < -0.4 is 0 Å². The number of rotatable bonds is 5. The second-order valence-electron chi connectivity index (χ2n) is 10.3. The first kappa shape index (κ1) is 21.5. The molecule has 0 amide bonds. The van der Waals surface area contributed by atoms with Crippen LogP contribution in [0.15, 0.2) is 54.9 Å². The van der Waals surface area contributed by atoms with Crippen molar-refractivity contribution < 1.29 is 0 Å². The van der Waals surface area contributed by atoms with Crippen molar-refractivity contribution in [2.24, 2.45) is 0 Å². The standard InChI is InChI=1S/C29H34N2/c1-21-7-9-22(10-8-21)11-12-23-19-25-26(29(4,5)16-15-28(25,2)3)20-24(23)13-14-27-30-17-6-18-31-27/h6-12,17-20H,13-16H2,1-5H3/b12-11+. The summed E-state index contributed by atoms with van der Waals surface area (Å²) >= 11 is 0. The fourth-order valence-electron chi connectivity index (χ4n) is 4.62. The van der Waals surface area contributed by atoms with Crippen LogP contribution in [0, 0.1) is 6.92 Å². The highest BCUT2D eigenvalue weighted by molar-refractivity contribution is 5.72. The monoisotopic (exact) mass is 410 g/mol. The van der Waals surface area contributed by atoms with E-state index in [1.165, 1.54) is 46.2 Å². The summed E-state index contributed by atoms with van der Waals surface area (Å²) in [7, 11) is 0. The van der Waals surface area contributed by atoms with E-state index in [4.69, 9.17) is 0 Å². The number of hydrogen-bond donors (Lipinski definition) is 0. The molecule has 1 aromatic heterocycles. The van der Waals surface area contributed by atoms with Crippen molar-refractivity contribution in [1.82, 2.24) is 9.97 Å². The second-order valence-corrected chi connectivity index (χ2v) is 10.3. The van der Waals surface area contributed by atoms with Crippen LogP contribution in [0.1, 0.15) is 79.7 Å². The molecule has 160 valence electrons. The lowest BCUT2D eigenvalue weighted by molar-refractivity contribution is 0.331. The Morgan fingerprint density at radius 2 is 1.42 bits per heavy atom. The molecule has 0 aliphatic heterocycles. The van der Waals surface area contributed by atoms with E-state index in [1.54, 1.807) is 0 Å². The van der Waals surface area contributed by atoms with Crippen LogP contribution in [-0.2, 0) is 23.7 Å². The summed E-state index contributed by atoms with van der Waals surface area (Å²) in [6.45, 7) is 11.7. The van der Waals surface area contributed by atoms with Crippen molar-refractivity contribution in [3.63, 3.8) is 0 Å². The van der Waals surface area contributed by atoms with Crippen molar-refractivity contribution in [1.29, 1.82) is 0 Å². The fraction of sp³-hybridized carbons (Fsp3) is 0.379. The lowest BCUT2D eigenvalue weighted by atomic mass is 9.62. The van der Waals surface area contributed by atoms with Gasteiger partial charge in [0.05, 0.1) is 0 Å². The molecule has 0 saturated carbocycles. The molecule has 0 bridgehead atoms. The van der Waals surface area contributed by atoms with Gasteiger partial charge < -0.3 is 0 Å². The van der Waals surface area contributed by atoms with Gasteiger partial charge >= 0.3 is 0 Å². The van der Waals surface area contributed by atoms with Crippen molar-refractivity contribution >= 4 is 12.2 Å². The number of aromatic nitrogens is 2. The van der Waals surface area contributed by atoms with Crippen LogP contribution >= 0.6 is 0 Å². The highest BCUT2D eigenvalue weighted by atomic mass is 14.8. The molecule has 31 heavy (non-hydrogen) atoms. The molecule has 1 aliphatic carbocycles. The van der Waals surface area contributed by atoms with Crippen LogP contribution in [0.2, 0.25) is 0 Å². The second kappa shape index (κ2) is 8.42. The Morgan fingerprint density at radius 3 is 2.06 bits per heavy atom. The highest BCUT2D eigenvalue weighted by Gasteiger charge is 2.37. The van der Waals surface area contributed by atoms with E-state index in [9.17, 15) is 0 Å². The molecule has 0 radical (unpaired) electrons. The Hall–Kier alpha value is -2.74. The number of hydrogen-bond acceptors (Lipinski definition) is 2. The maximum atomic E-state index is 4.44. The smallest absolute Gasteiger partial charge is 0.128 e. The summed E-state index contributed by atoms with van der Waals surface area (Å²) in [6.07, 6.45) is 12.5. The Bertz CT molecular complexity index is 1070. The first-order chi connectivity index (χ1) is 14.7. The fourth-order valence-corrected chi connectivity index (χ4v) is 4.62. The van der Waals surface area contributed by atoms with Gasteiger partial charge in [0.1, 0.15) is 5.82 Å². The molecule has 0 saturated heterocycles. The van der Waals surface area contributed by atoms with Gasteiger partial charge in [-0.25, -0.2) is 9.97 Å². The van der Waals surface area contributed by atoms with Gasteiger partial charge in [-0.1, -0.05) is 81.8 Å². The summed E-state index contributed by atoms with van der Waals surface area (Å²) in [5, 5.41) is 0. The lowest BCUT2D eigenvalue weighted by Gasteiger charge is -2.42. The molecule has 4 rings (SSSR count). The molecular formula is C29H34N2. The van der Waals surface area contributed by atoms with Gasteiger partial charge in [0.25, 0.3) is 0 Å². The van der Waals surface area contributed by atoms with Gasteiger partial charge in [-0.3, -0.25) is 0 Å². The minimum Gasteiger partial charge on any atom is -0.241 e. The van der Waals surface area contributed by atoms with Crippen molar-refractivity contribution in [2.45, 2.75) is 71.1 Å². The maximum absolute atomic E-state index is 4.44. The SMILES string of the molecule is Cc1ccc(/C=C/c2cc3c(cc2CCc2ncccn2)C(C)(C)CCC3(C)C)cc1. The predicted octanol–water partition coefficient (Wildman–Crippen LogP) is 7.09. The van der Waals surface area contributed by atoms with Crippen LogP contribution in [0.5, 0.6) is 0 Å². The van der Waals surface area contributed by atoms with Crippen LogP contribution in [0.25, 0.3) is 12.2 Å². The minimum absolute atomic E-state index is 0.207. The van der Waals surface area contributed by atoms with Gasteiger partial charge in [-0.2, -0.15) is 0 Å². The predicted molar refractivity (Wildman–Crippen MR) is 131 cm³/mol. The Morgan fingerprint density at radius 1 is 0.806 bits per heavy atom. The Labute approximate surface area is 187 Å². The summed E-state index contributed by atoms with van der Waals surface area (Å²) in [5.74, 6) is 0.910. The van der Waals surface area contributed by atoms with E-state index in [2.05, 4.69) is 93.1 Å². The lowest BCUT2D eigenvalue weighted by Crippen LogP contribution is -2.34. The van der Waals surface area contributed by atoms with Crippen LogP contribution in [0.4, 0.5) is 0 Å². The molecular weight excluding hydrogens is 376 g/mol. The molecule has 2 aromatic carbocycles. The Kier molecular flexibility index (Phi) is 5.83. The van der Waals surface area contributed by atoms with Gasteiger partial charge in [0.2, 0.25) is 0 Å². The van der Waals surface area contributed by atoms with E-state index in [0.717, 1.165) is 18.7 Å². The molecule has 2 nitrogen and oxygen atoms in total. The third-order valence-electron chi connectivity index (χ3n) is 6.88. The number of benzene rings is 2. The van der Waals surface area contributed by atoms with E-state index in [-0.39, 0.29) is 10.8 Å². The number of fused-ring (bicyclic) bond motifs is 1. The van der Waals surface area contributed by atoms with Gasteiger partial charge in [-0.05, 0) is 70.9 Å². The third-order valence-corrected chi connectivity index (χ3v) is 6.88. The zero-order chi connectivity index (χ0) is 22.1. The van der Waals surface area contributed by atoms with Crippen LogP contribution in [-0.4, -0.2) is 9.97 Å². The molecule has 1 heterocycles. The van der Waals surface area contributed by atoms with Crippen molar-refractivity contribution in [3.8, 4) is 0 Å². The average molecular weight is 411 g/mol. The molecule has 0 unspecified atom stereocenters. The van der Waals surface area contributed by atoms with Gasteiger partial charge in [0, 0.05) is 18.8 Å². The largest absolute Gasteiger partial charge is 0.241 e. The molecule has 0 fully saturated rings. The molecule has 0 N–H and O–H groups in total. The van der Waals surface area contributed by atoms with E-state index in [0.29, 0.717) is 0 Å². The van der Waals surface area contributed by atoms with Crippen molar-refractivity contribution in [2.75, 3.05) is 0 Å². The summed E-state index contributed by atoms with van der Waals surface area (Å²) in [6, 6.07) is 15.5. The van der Waals surface area contributed by atoms with Gasteiger partial charge in [-0.15, -0.1) is 0 Å². The van der Waals surface area contributed by atoms with Gasteiger partial charge in [0.15, 0.2) is 0 Å². The Balaban J connectivity index is 1.75. The molecule has 0 atom stereocenters. The summed E-state index contributed by atoms with van der Waals surface area (Å²) < 4.78 is 0. The summed E-state index contributed by atoms with van der Waals surface area (Å²) in [5.41, 5.74) is 8.67. The van der Waals surface area contributed by atoms with Crippen LogP contribution in [0.3, 0.4) is 0 Å². The number of aryl methyl sites for hydroxylation is 3. The van der Waals surface area contributed by atoms with E-state index < -0.39 is 0 Å². The van der Waals surface area contributed by atoms with Crippen molar-refractivity contribution in [3.05, 3.63) is 94.1 Å². The maximum Gasteiger partial charge on any atom is 0.128 e. The molecule has 1 aliphatic rings. The van der Waals surface area contributed by atoms with E-state index in [1.807, 2.05) is 18.5 Å². The zero-order valence-corrected chi connectivity index (χ0v) is 19.6. The third kappa shape index (κ3) is 4.79. The zero-order valence-electron chi connectivity index (χ0n) is 19.6. The average Bonchev–Trinajstić information content (AvgIpc) is 2.76.